The molecule has 7 nitrogen and oxygen atoms in total. The molecule has 0 N–H and O–H groups in total. The molecule has 138 valence electrons. The van der Waals surface area contributed by atoms with Gasteiger partial charge >= 0.3 is 6.09 Å². The maximum atomic E-state index is 12.3. The smallest absolute Gasteiger partial charge is 0.410 e. The summed E-state index contributed by atoms with van der Waals surface area (Å²) in [7, 11) is 0. The van der Waals surface area contributed by atoms with Gasteiger partial charge in [0.15, 0.2) is 0 Å². The lowest BCUT2D eigenvalue weighted by atomic mass is 10.1. The molecule has 1 atom stereocenters. The topological polar surface area (TPSA) is 75.9 Å². The fourth-order valence-corrected chi connectivity index (χ4v) is 2.98. The number of amides is 1. The average molecular weight is 370 g/mol. The van der Waals surface area contributed by atoms with E-state index in [-0.39, 0.29) is 17.8 Å². The van der Waals surface area contributed by atoms with Crippen molar-refractivity contribution in [1.29, 1.82) is 0 Å². The number of hydrogen-bond donors (Lipinski definition) is 0. The molecule has 25 heavy (non-hydrogen) atoms. The van der Waals surface area contributed by atoms with Gasteiger partial charge in [-0.2, -0.15) is 0 Å². The van der Waals surface area contributed by atoms with Crippen LogP contribution in [0.5, 0.6) is 0 Å². The van der Waals surface area contributed by atoms with Gasteiger partial charge in [0.1, 0.15) is 5.60 Å². The van der Waals surface area contributed by atoms with E-state index in [1.807, 2.05) is 27.7 Å². The number of nitro benzene ring substituents is 1. The van der Waals surface area contributed by atoms with Crippen LogP contribution in [0.25, 0.3) is 0 Å². The summed E-state index contributed by atoms with van der Waals surface area (Å²) in [5, 5.41) is 11.4. The van der Waals surface area contributed by atoms with Crippen molar-refractivity contribution in [2.75, 3.05) is 19.6 Å². The van der Waals surface area contributed by atoms with Gasteiger partial charge in [0.2, 0.25) is 0 Å². The second-order valence-corrected chi connectivity index (χ2v) is 7.70. The Labute approximate surface area is 152 Å². The van der Waals surface area contributed by atoms with Crippen LogP contribution in [0.15, 0.2) is 18.2 Å². The summed E-state index contributed by atoms with van der Waals surface area (Å²) in [4.78, 5) is 26.6. The SMILES string of the molecule is C[C@@H]1CN(Cc2cc([N+](=O)[O-])ccc2Cl)CCN1C(=O)OC(C)(C)C. The van der Waals surface area contributed by atoms with Crippen molar-refractivity contribution in [1.82, 2.24) is 9.80 Å². The van der Waals surface area contributed by atoms with E-state index in [0.29, 0.717) is 36.8 Å². The van der Waals surface area contributed by atoms with Crippen LogP contribution in [-0.2, 0) is 11.3 Å². The number of non-ortho nitro benzene ring substituents is 1. The molecule has 1 fully saturated rings. The first-order valence-electron chi connectivity index (χ1n) is 8.21. The normalized spacial score (nSPS) is 18.9. The monoisotopic (exact) mass is 369 g/mol. The Morgan fingerprint density at radius 3 is 2.64 bits per heavy atom. The molecule has 1 aliphatic heterocycles. The molecule has 1 amide bonds. The summed E-state index contributed by atoms with van der Waals surface area (Å²) in [5.74, 6) is 0. The van der Waals surface area contributed by atoms with E-state index in [9.17, 15) is 14.9 Å². The van der Waals surface area contributed by atoms with Crippen LogP contribution in [0.3, 0.4) is 0 Å². The number of ether oxygens (including phenoxy) is 1. The van der Waals surface area contributed by atoms with E-state index in [0.717, 1.165) is 0 Å². The average Bonchev–Trinajstić information content (AvgIpc) is 2.47. The Morgan fingerprint density at radius 1 is 1.40 bits per heavy atom. The molecule has 0 radical (unpaired) electrons. The minimum absolute atomic E-state index is 0.0129. The Balaban J connectivity index is 2.01. The van der Waals surface area contributed by atoms with Crippen molar-refractivity contribution in [3.63, 3.8) is 0 Å². The zero-order valence-electron chi connectivity index (χ0n) is 15.0. The van der Waals surface area contributed by atoms with Gasteiger partial charge in [-0.05, 0) is 39.3 Å². The number of carbonyl (C=O) groups excluding carboxylic acids is 1. The van der Waals surface area contributed by atoms with E-state index in [1.54, 1.807) is 11.0 Å². The molecule has 1 aromatic rings. The molecule has 2 rings (SSSR count). The van der Waals surface area contributed by atoms with E-state index >= 15 is 0 Å². The van der Waals surface area contributed by atoms with Gasteiger partial charge in [-0.1, -0.05) is 11.6 Å². The quantitative estimate of drug-likeness (QED) is 0.600. The fraction of sp³-hybridized carbons (Fsp3) is 0.588. The summed E-state index contributed by atoms with van der Waals surface area (Å²) in [6.45, 7) is 9.85. The van der Waals surface area contributed by atoms with E-state index in [2.05, 4.69) is 4.90 Å². The van der Waals surface area contributed by atoms with Crippen molar-refractivity contribution < 1.29 is 14.5 Å². The van der Waals surface area contributed by atoms with Crippen LogP contribution in [-0.4, -0.2) is 52.1 Å². The van der Waals surface area contributed by atoms with Crippen molar-refractivity contribution in [2.24, 2.45) is 0 Å². The van der Waals surface area contributed by atoms with Gasteiger partial charge in [0.05, 0.1) is 4.92 Å². The van der Waals surface area contributed by atoms with E-state index < -0.39 is 10.5 Å². The zero-order chi connectivity index (χ0) is 18.8. The molecule has 0 unspecified atom stereocenters. The summed E-state index contributed by atoms with van der Waals surface area (Å²) in [6, 6.07) is 4.44. The van der Waals surface area contributed by atoms with Gasteiger partial charge < -0.3 is 9.64 Å². The number of piperazine rings is 1. The van der Waals surface area contributed by atoms with Gasteiger partial charge in [-0.25, -0.2) is 4.79 Å². The number of nitrogens with zero attached hydrogens (tertiary/aromatic N) is 3. The van der Waals surface area contributed by atoms with Gasteiger partial charge in [0, 0.05) is 49.4 Å². The predicted molar refractivity (Wildman–Crippen MR) is 95.8 cm³/mol. The molecule has 1 heterocycles. The number of carbonyl (C=O) groups is 1. The molecule has 0 saturated carbocycles. The lowest BCUT2D eigenvalue weighted by Gasteiger charge is -2.40. The second-order valence-electron chi connectivity index (χ2n) is 7.29. The Morgan fingerprint density at radius 2 is 2.08 bits per heavy atom. The molecule has 1 aromatic carbocycles. The molecule has 1 saturated heterocycles. The Hall–Kier alpha value is -1.86. The van der Waals surface area contributed by atoms with Crippen LogP contribution < -0.4 is 0 Å². The molecule has 1 aliphatic rings. The number of halogens is 1. The summed E-state index contributed by atoms with van der Waals surface area (Å²) >= 11 is 6.17. The first-order chi connectivity index (χ1) is 11.6. The lowest BCUT2D eigenvalue weighted by Crippen LogP contribution is -2.54. The minimum atomic E-state index is -0.523. The van der Waals surface area contributed by atoms with Crippen LogP contribution in [0, 0.1) is 10.1 Å². The third kappa shape index (κ3) is 5.31. The highest BCUT2D eigenvalue weighted by Gasteiger charge is 2.31. The second kappa shape index (κ2) is 7.58. The van der Waals surface area contributed by atoms with Crippen LogP contribution in [0.4, 0.5) is 10.5 Å². The largest absolute Gasteiger partial charge is 0.444 e. The maximum Gasteiger partial charge on any atom is 0.410 e. The Bertz CT molecular complexity index is 660. The standard InChI is InChI=1S/C17H24ClN3O4/c1-12-10-19(7-8-20(12)16(22)25-17(2,3)4)11-13-9-14(21(23)24)5-6-15(13)18/h5-6,9,12H,7-8,10-11H2,1-4H3/t12-/m1/s1. The zero-order valence-corrected chi connectivity index (χ0v) is 15.7. The molecule has 0 spiro atoms. The first-order valence-corrected chi connectivity index (χ1v) is 8.59. The lowest BCUT2D eigenvalue weighted by molar-refractivity contribution is -0.384. The van der Waals surface area contributed by atoms with E-state index in [1.165, 1.54) is 12.1 Å². The highest BCUT2D eigenvalue weighted by molar-refractivity contribution is 6.31. The van der Waals surface area contributed by atoms with Crippen molar-refractivity contribution in [3.05, 3.63) is 38.9 Å². The summed E-state index contributed by atoms with van der Waals surface area (Å²) in [5.41, 5.74) is 0.221. The summed E-state index contributed by atoms with van der Waals surface area (Å²) < 4.78 is 5.43. The summed E-state index contributed by atoms with van der Waals surface area (Å²) in [6.07, 6.45) is -0.312. The number of hydrogen-bond acceptors (Lipinski definition) is 5. The van der Waals surface area contributed by atoms with Crippen LogP contribution in [0.1, 0.15) is 33.3 Å². The number of benzene rings is 1. The van der Waals surface area contributed by atoms with Crippen molar-refractivity contribution >= 4 is 23.4 Å². The number of nitro groups is 1. The number of rotatable bonds is 3. The van der Waals surface area contributed by atoms with Crippen LogP contribution in [0.2, 0.25) is 5.02 Å². The van der Waals surface area contributed by atoms with E-state index in [4.69, 9.17) is 16.3 Å². The molecule has 0 bridgehead atoms. The van der Waals surface area contributed by atoms with Crippen LogP contribution >= 0.6 is 11.6 Å². The van der Waals surface area contributed by atoms with Gasteiger partial charge in [0.25, 0.3) is 5.69 Å². The highest BCUT2D eigenvalue weighted by atomic mass is 35.5. The first kappa shape index (κ1) is 19.5. The van der Waals surface area contributed by atoms with Gasteiger partial charge in [-0.15, -0.1) is 0 Å². The molecular formula is C17H24ClN3O4. The van der Waals surface area contributed by atoms with Gasteiger partial charge in [-0.3, -0.25) is 15.0 Å². The fourth-order valence-electron chi connectivity index (χ4n) is 2.81. The maximum absolute atomic E-state index is 12.3. The molecule has 0 aliphatic carbocycles. The van der Waals surface area contributed by atoms with Crippen molar-refractivity contribution in [3.8, 4) is 0 Å². The third-order valence-electron chi connectivity index (χ3n) is 3.97. The van der Waals surface area contributed by atoms with Crippen molar-refractivity contribution in [2.45, 2.75) is 45.9 Å². The molecule has 8 heteroatoms. The Kier molecular flexibility index (Phi) is 5.90. The predicted octanol–water partition coefficient (Wildman–Crippen LogP) is 3.69. The molecule has 0 aromatic heterocycles. The molecular weight excluding hydrogens is 346 g/mol. The minimum Gasteiger partial charge on any atom is -0.444 e. The third-order valence-corrected chi connectivity index (χ3v) is 4.34. The highest BCUT2D eigenvalue weighted by Crippen LogP contribution is 2.25.